The third kappa shape index (κ3) is 2.54. The molecule has 1 aliphatic rings. The van der Waals surface area contributed by atoms with Crippen LogP contribution in [0.1, 0.15) is 28.0 Å². The number of carbonyl (C=O) groups excluding carboxylic acids is 1. The minimum Gasteiger partial charge on any atom is -0.438 e. The van der Waals surface area contributed by atoms with Crippen LogP contribution in [0.25, 0.3) is 0 Å². The van der Waals surface area contributed by atoms with Crippen LogP contribution in [-0.2, 0) is 12.8 Å². The van der Waals surface area contributed by atoms with Gasteiger partial charge < -0.3 is 10.5 Å². The van der Waals surface area contributed by atoms with Gasteiger partial charge >= 0.3 is 0 Å². The molecule has 1 amide bonds. The number of fused-ring (bicyclic) bond motifs is 1. The molecule has 0 aliphatic heterocycles. The summed E-state index contributed by atoms with van der Waals surface area (Å²) in [6.45, 7) is 0. The van der Waals surface area contributed by atoms with E-state index in [9.17, 15) is 4.79 Å². The average molecular weight is 333 g/mol. The Morgan fingerprint density at radius 2 is 2.15 bits per heavy atom. The van der Waals surface area contributed by atoms with E-state index >= 15 is 0 Å². The summed E-state index contributed by atoms with van der Waals surface area (Å²) in [6.07, 6.45) is 2.92. The van der Waals surface area contributed by atoms with Crippen molar-refractivity contribution in [2.75, 3.05) is 0 Å². The van der Waals surface area contributed by atoms with Crippen molar-refractivity contribution >= 4 is 21.8 Å². The van der Waals surface area contributed by atoms with E-state index in [4.69, 9.17) is 10.5 Å². The summed E-state index contributed by atoms with van der Waals surface area (Å²) >= 11 is 3.38. The van der Waals surface area contributed by atoms with Crippen LogP contribution in [0.2, 0.25) is 0 Å². The third-order valence-corrected chi connectivity index (χ3v) is 3.79. The van der Waals surface area contributed by atoms with E-state index in [1.807, 2.05) is 30.3 Å². The number of benzene rings is 1. The molecule has 2 N–H and O–H groups in total. The van der Waals surface area contributed by atoms with E-state index in [0.29, 0.717) is 11.3 Å². The van der Waals surface area contributed by atoms with Crippen LogP contribution < -0.4 is 10.5 Å². The average Bonchev–Trinajstić information content (AvgIpc) is 2.84. The monoisotopic (exact) mass is 332 g/mol. The van der Waals surface area contributed by atoms with Crippen molar-refractivity contribution in [2.24, 2.45) is 5.73 Å². The molecular formula is C15H13BrN2O2. The molecule has 0 fully saturated rings. The van der Waals surface area contributed by atoms with E-state index in [1.165, 1.54) is 0 Å². The quantitative estimate of drug-likeness (QED) is 0.938. The highest BCUT2D eigenvalue weighted by Gasteiger charge is 2.20. The maximum absolute atomic E-state index is 11.6. The number of nitrogens with two attached hydrogens (primary N) is 1. The van der Waals surface area contributed by atoms with Crippen LogP contribution >= 0.6 is 15.9 Å². The highest BCUT2D eigenvalue weighted by Crippen LogP contribution is 2.30. The molecule has 0 saturated heterocycles. The van der Waals surface area contributed by atoms with Gasteiger partial charge in [0.15, 0.2) is 0 Å². The first-order chi connectivity index (χ1) is 9.63. The normalized spacial score (nSPS) is 13.1. The van der Waals surface area contributed by atoms with Gasteiger partial charge in [0.25, 0.3) is 5.91 Å². The van der Waals surface area contributed by atoms with Crippen LogP contribution in [-0.4, -0.2) is 10.9 Å². The van der Waals surface area contributed by atoms with Crippen molar-refractivity contribution in [1.29, 1.82) is 0 Å². The Labute approximate surface area is 125 Å². The lowest BCUT2D eigenvalue weighted by Crippen LogP contribution is -2.14. The molecule has 0 radical (unpaired) electrons. The lowest BCUT2D eigenvalue weighted by Gasteiger charge is -2.10. The summed E-state index contributed by atoms with van der Waals surface area (Å²) in [6, 6.07) is 9.20. The Bertz CT molecular complexity index is 686. The van der Waals surface area contributed by atoms with Gasteiger partial charge in [-0.2, -0.15) is 0 Å². The SMILES string of the molecule is NC(=O)c1cc2c(nc1Oc1cccc(Br)c1)CCC2. The maximum atomic E-state index is 11.6. The van der Waals surface area contributed by atoms with Gasteiger partial charge in [0.05, 0.1) is 0 Å². The zero-order chi connectivity index (χ0) is 14.1. The largest absolute Gasteiger partial charge is 0.438 e. The summed E-state index contributed by atoms with van der Waals surface area (Å²) in [5, 5.41) is 0. The van der Waals surface area contributed by atoms with Gasteiger partial charge in [0, 0.05) is 10.2 Å². The maximum Gasteiger partial charge on any atom is 0.254 e. The van der Waals surface area contributed by atoms with Crippen molar-refractivity contribution in [2.45, 2.75) is 19.3 Å². The predicted molar refractivity (Wildman–Crippen MR) is 79.0 cm³/mol. The summed E-state index contributed by atoms with van der Waals surface area (Å²) in [4.78, 5) is 16.0. The number of amides is 1. The number of primary amides is 1. The van der Waals surface area contributed by atoms with Gasteiger partial charge in [0.2, 0.25) is 5.88 Å². The molecule has 4 nitrogen and oxygen atoms in total. The van der Waals surface area contributed by atoms with Gasteiger partial charge in [-0.1, -0.05) is 22.0 Å². The molecule has 0 saturated carbocycles. The number of aromatic nitrogens is 1. The van der Waals surface area contributed by atoms with E-state index < -0.39 is 5.91 Å². The Morgan fingerprint density at radius 1 is 1.30 bits per heavy atom. The lowest BCUT2D eigenvalue weighted by molar-refractivity contribution is 0.0997. The number of pyridine rings is 1. The van der Waals surface area contributed by atoms with Crippen molar-refractivity contribution in [3.8, 4) is 11.6 Å². The molecule has 3 rings (SSSR count). The van der Waals surface area contributed by atoms with E-state index in [2.05, 4.69) is 20.9 Å². The molecule has 0 bridgehead atoms. The number of carbonyl (C=O) groups is 1. The second-order valence-electron chi connectivity index (χ2n) is 4.72. The van der Waals surface area contributed by atoms with Crippen LogP contribution in [0.4, 0.5) is 0 Å². The zero-order valence-electron chi connectivity index (χ0n) is 10.7. The highest BCUT2D eigenvalue weighted by atomic mass is 79.9. The first kappa shape index (κ1) is 13.1. The summed E-state index contributed by atoms with van der Waals surface area (Å²) in [5.74, 6) is 0.390. The number of aryl methyl sites for hydroxylation is 2. The number of nitrogens with zero attached hydrogens (tertiary/aromatic N) is 1. The summed E-state index contributed by atoms with van der Waals surface area (Å²) in [5.41, 5.74) is 7.86. The summed E-state index contributed by atoms with van der Waals surface area (Å²) < 4.78 is 6.63. The second-order valence-corrected chi connectivity index (χ2v) is 5.64. The Balaban J connectivity index is 2.01. The second kappa shape index (κ2) is 5.25. The molecule has 102 valence electrons. The first-order valence-corrected chi connectivity index (χ1v) is 7.19. The molecule has 2 aromatic rings. The first-order valence-electron chi connectivity index (χ1n) is 6.39. The van der Waals surface area contributed by atoms with Gasteiger partial charge in [-0.15, -0.1) is 0 Å². The molecule has 0 spiro atoms. The highest BCUT2D eigenvalue weighted by molar-refractivity contribution is 9.10. The molecule has 1 aromatic carbocycles. The number of halogens is 1. The topological polar surface area (TPSA) is 65.2 Å². The fourth-order valence-corrected chi connectivity index (χ4v) is 2.73. The van der Waals surface area contributed by atoms with Crippen LogP contribution in [0.15, 0.2) is 34.8 Å². The Morgan fingerprint density at radius 3 is 2.90 bits per heavy atom. The number of ether oxygens (including phenoxy) is 1. The van der Waals surface area contributed by atoms with Gasteiger partial charge in [-0.05, 0) is 49.1 Å². The molecule has 1 aromatic heterocycles. The van der Waals surface area contributed by atoms with E-state index in [1.54, 1.807) is 0 Å². The minimum atomic E-state index is -0.516. The minimum absolute atomic E-state index is 0.288. The zero-order valence-corrected chi connectivity index (χ0v) is 12.3. The van der Waals surface area contributed by atoms with Crippen molar-refractivity contribution in [1.82, 2.24) is 4.98 Å². The fraction of sp³-hybridized carbons (Fsp3) is 0.200. The Kier molecular flexibility index (Phi) is 3.44. The van der Waals surface area contributed by atoms with Crippen molar-refractivity contribution in [3.63, 3.8) is 0 Å². The number of rotatable bonds is 3. The van der Waals surface area contributed by atoms with Gasteiger partial charge in [-0.3, -0.25) is 4.79 Å². The van der Waals surface area contributed by atoms with Gasteiger partial charge in [0.1, 0.15) is 11.3 Å². The number of hydrogen-bond donors (Lipinski definition) is 1. The molecule has 20 heavy (non-hydrogen) atoms. The standard InChI is InChI=1S/C15H13BrN2O2/c16-10-4-2-5-11(8-10)20-15-12(14(17)19)7-9-3-1-6-13(9)18-15/h2,4-5,7-8H,1,3,6H2,(H2,17,19). The summed E-state index contributed by atoms with van der Waals surface area (Å²) in [7, 11) is 0. The molecule has 5 heteroatoms. The van der Waals surface area contributed by atoms with Crippen LogP contribution in [0.3, 0.4) is 0 Å². The molecular weight excluding hydrogens is 320 g/mol. The van der Waals surface area contributed by atoms with E-state index in [-0.39, 0.29) is 5.88 Å². The molecule has 1 heterocycles. The van der Waals surface area contributed by atoms with Gasteiger partial charge in [-0.25, -0.2) is 4.98 Å². The third-order valence-electron chi connectivity index (χ3n) is 3.29. The molecule has 0 unspecified atom stereocenters. The predicted octanol–water partition coefficient (Wildman–Crippen LogP) is 3.22. The fourth-order valence-electron chi connectivity index (χ4n) is 2.35. The molecule has 0 atom stereocenters. The van der Waals surface area contributed by atoms with Crippen molar-refractivity contribution in [3.05, 3.63) is 51.6 Å². The smallest absolute Gasteiger partial charge is 0.254 e. The number of hydrogen-bond acceptors (Lipinski definition) is 3. The molecule has 1 aliphatic carbocycles. The Hall–Kier alpha value is -1.88. The van der Waals surface area contributed by atoms with E-state index in [0.717, 1.165) is 35.0 Å². The lowest BCUT2D eigenvalue weighted by atomic mass is 10.1. The van der Waals surface area contributed by atoms with Crippen LogP contribution in [0, 0.1) is 0 Å². The van der Waals surface area contributed by atoms with Crippen LogP contribution in [0.5, 0.6) is 11.6 Å². The van der Waals surface area contributed by atoms with Crippen molar-refractivity contribution < 1.29 is 9.53 Å².